The van der Waals surface area contributed by atoms with Gasteiger partial charge in [-0.25, -0.2) is 15.0 Å². The highest BCUT2D eigenvalue weighted by molar-refractivity contribution is 7.15. The van der Waals surface area contributed by atoms with E-state index in [-0.39, 0.29) is 6.04 Å². The molecular formula is C27H28ClN5S. The third kappa shape index (κ3) is 5.14. The topological polar surface area (TPSA) is 53.9 Å². The normalized spacial score (nSPS) is 15.9. The molecule has 2 aromatic carbocycles. The van der Waals surface area contributed by atoms with E-state index < -0.39 is 0 Å². The summed E-state index contributed by atoms with van der Waals surface area (Å²) in [5.41, 5.74) is 4.04. The molecule has 0 amide bonds. The van der Waals surface area contributed by atoms with Crippen LogP contribution in [0.1, 0.15) is 42.3 Å². The number of likely N-dealkylation sites (tertiary alicyclic amines) is 1. The van der Waals surface area contributed by atoms with Gasteiger partial charge in [0, 0.05) is 22.7 Å². The number of nitrogens with zero attached hydrogens (tertiary/aromatic N) is 4. The number of piperidine rings is 1. The summed E-state index contributed by atoms with van der Waals surface area (Å²) in [5, 5.41) is 5.34. The highest BCUT2D eigenvalue weighted by Gasteiger charge is 2.25. The van der Waals surface area contributed by atoms with Crippen molar-refractivity contribution in [3.63, 3.8) is 0 Å². The molecule has 1 fully saturated rings. The fourth-order valence-electron chi connectivity index (χ4n) is 4.35. The highest BCUT2D eigenvalue weighted by Crippen LogP contribution is 2.41. The lowest BCUT2D eigenvalue weighted by atomic mass is 9.98. The lowest BCUT2D eigenvalue weighted by molar-refractivity contribution is 0.255. The van der Waals surface area contributed by atoms with Gasteiger partial charge in [-0.3, -0.25) is 0 Å². The first-order chi connectivity index (χ1) is 16.6. The Morgan fingerprint density at radius 1 is 1.03 bits per heavy atom. The zero-order chi connectivity index (χ0) is 23.5. The second-order valence-corrected chi connectivity index (χ2v) is 10.3. The van der Waals surface area contributed by atoms with Gasteiger partial charge in [-0.2, -0.15) is 0 Å². The molecule has 3 heterocycles. The number of thiazole rings is 1. The molecule has 0 bridgehead atoms. The molecule has 1 atom stereocenters. The van der Waals surface area contributed by atoms with Crippen LogP contribution in [-0.2, 0) is 0 Å². The molecule has 1 N–H and O–H groups in total. The Morgan fingerprint density at radius 2 is 1.82 bits per heavy atom. The summed E-state index contributed by atoms with van der Waals surface area (Å²) in [6.07, 6.45) is 4.08. The maximum atomic E-state index is 6.34. The summed E-state index contributed by atoms with van der Waals surface area (Å²) in [4.78, 5) is 18.0. The molecule has 0 radical (unpaired) electrons. The largest absolute Gasteiger partial charge is 0.348 e. The predicted molar refractivity (Wildman–Crippen MR) is 142 cm³/mol. The first kappa shape index (κ1) is 23.0. The van der Waals surface area contributed by atoms with Crippen LogP contribution >= 0.6 is 22.9 Å². The van der Waals surface area contributed by atoms with Crippen molar-refractivity contribution in [3.8, 4) is 21.8 Å². The summed E-state index contributed by atoms with van der Waals surface area (Å²) in [5.74, 6) is 1.09. The second kappa shape index (κ2) is 10.2. The van der Waals surface area contributed by atoms with E-state index in [2.05, 4.69) is 47.4 Å². The van der Waals surface area contributed by atoms with Gasteiger partial charge in [0.25, 0.3) is 0 Å². The van der Waals surface area contributed by atoms with Crippen LogP contribution in [0.3, 0.4) is 0 Å². The third-order valence-corrected chi connectivity index (χ3v) is 7.82. The Bertz CT molecular complexity index is 1250. The number of nitrogens with one attached hydrogen (secondary N) is 1. The molecule has 0 spiro atoms. The average Bonchev–Trinajstić information content (AvgIpc) is 3.31. The van der Waals surface area contributed by atoms with E-state index in [4.69, 9.17) is 21.6 Å². The van der Waals surface area contributed by atoms with E-state index in [1.165, 1.54) is 10.6 Å². The number of hydrogen-bond acceptors (Lipinski definition) is 6. The maximum Gasteiger partial charge on any atom is 0.223 e. The standard InChI is InChI=1S/C27H28ClN5S/c1-18(19-7-4-3-5-8-19)30-27-29-14-11-23(31-27)25-24(21-9-6-10-22(28)17-21)32-26(34-25)20-12-15-33(2)16-13-20/h3-11,14,17-18,20H,12-13,15-16H2,1-2H3,(H,29,30,31). The Hall–Kier alpha value is -2.80. The fourth-order valence-corrected chi connectivity index (χ4v) is 5.76. The van der Waals surface area contributed by atoms with Crippen molar-refractivity contribution in [1.29, 1.82) is 0 Å². The monoisotopic (exact) mass is 489 g/mol. The molecule has 34 heavy (non-hydrogen) atoms. The van der Waals surface area contributed by atoms with Gasteiger partial charge >= 0.3 is 0 Å². The zero-order valence-electron chi connectivity index (χ0n) is 19.4. The van der Waals surface area contributed by atoms with Gasteiger partial charge in [0.1, 0.15) is 0 Å². The molecule has 1 aliphatic rings. The quantitative estimate of drug-likeness (QED) is 0.319. The fraction of sp³-hybridized carbons (Fsp3) is 0.296. The highest BCUT2D eigenvalue weighted by atomic mass is 35.5. The first-order valence-electron chi connectivity index (χ1n) is 11.7. The van der Waals surface area contributed by atoms with Gasteiger partial charge in [-0.1, -0.05) is 54.1 Å². The van der Waals surface area contributed by atoms with Crippen molar-refractivity contribution in [2.75, 3.05) is 25.5 Å². The van der Waals surface area contributed by atoms with E-state index in [9.17, 15) is 0 Å². The lowest BCUT2D eigenvalue weighted by Gasteiger charge is -2.27. The summed E-state index contributed by atoms with van der Waals surface area (Å²) >= 11 is 8.09. The van der Waals surface area contributed by atoms with Crippen LogP contribution in [0.15, 0.2) is 66.9 Å². The van der Waals surface area contributed by atoms with Crippen LogP contribution in [0, 0.1) is 0 Å². The Morgan fingerprint density at radius 3 is 2.59 bits per heavy atom. The second-order valence-electron chi connectivity index (χ2n) is 8.86. The van der Waals surface area contributed by atoms with Crippen molar-refractivity contribution in [3.05, 3.63) is 82.5 Å². The van der Waals surface area contributed by atoms with Crippen molar-refractivity contribution in [2.24, 2.45) is 0 Å². The maximum absolute atomic E-state index is 6.34. The minimum atomic E-state index is 0.0973. The van der Waals surface area contributed by atoms with Crippen LogP contribution < -0.4 is 5.32 Å². The molecule has 4 aromatic rings. The lowest BCUT2D eigenvalue weighted by Crippen LogP contribution is -2.29. The number of aromatic nitrogens is 3. The van der Waals surface area contributed by atoms with Crippen molar-refractivity contribution >= 4 is 28.9 Å². The Kier molecular flexibility index (Phi) is 6.90. The van der Waals surface area contributed by atoms with Gasteiger partial charge in [-0.15, -0.1) is 11.3 Å². The number of hydrogen-bond donors (Lipinski definition) is 1. The van der Waals surface area contributed by atoms with E-state index in [1.807, 2.05) is 48.7 Å². The van der Waals surface area contributed by atoms with Crippen LogP contribution in [0.5, 0.6) is 0 Å². The summed E-state index contributed by atoms with van der Waals surface area (Å²) in [6, 6.07) is 20.3. The van der Waals surface area contributed by atoms with Gasteiger partial charge in [-0.05, 0) is 63.7 Å². The Balaban J connectivity index is 1.50. The van der Waals surface area contributed by atoms with Crippen molar-refractivity contribution < 1.29 is 0 Å². The molecule has 5 nitrogen and oxygen atoms in total. The van der Waals surface area contributed by atoms with Crippen LogP contribution in [-0.4, -0.2) is 40.0 Å². The van der Waals surface area contributed by atoms with Crippen LogP contribution in [0.4, 0.5) is 5.95 Å². The van der Waals surface area contributed by atoms with Crippen LogP contribution in [0.2, 0.25) is 5.02 Å². The summed E-state index contributed by atoms with van der Waals surface area (Å²) in [6.45, 7) is 4.32. The average molecular weight is 490 g/mol. The summed E-state index contributed by atoms with van der Waals surface area (Å²) < 4.78 is 0. The number of anilines is 1. The molecular weight excluding hydrogens is 462 g/mol. The molecule has 0 saturated carbocycles. The number of rotatable bonds is 6. The Labute approximate surface area is 209 Å². The molecule has 2 aromatic heterocycles. The van der Waals surface area contributed by atoms with Gasteiger partial charge in [0.15, 0.2) is 0 Å². The SMILES string of the molecule is CC(Nc1nccc(-c2sc(C3CCN(C)CC3)nc2-c2cccc(Cl)c2)n1)c1ccccc1. The van der Waals surface area contributed by atoms with Gasteiger partial charge < -0.3 is 10.2 Å². The number of benzene rings is 2. The summed E-state index contributed by atoms with van der Waals surface area (Å²) in [7, 11) is 2.19. The first-order valence-corrected chi connectivity index (χ1v) is 12.9. The van der Waals surface area contributed by atoms with E-state index in [0.29, 0.717) is 16.9 Å². The van der Waals surface area contributed by atoms with E-state index >= 15 is 0 Å². The van der Waals surface area contributed by atoms with E-state index in [0.717, 1.165) is 47.8 Å². The molecule has 1 aliphatic heterocycles. The third-order valence-electron chi connectivity index (χ3n) is 6.34. The smallest absolute Gasteiger partial charge is 0.223 e. The zero-order valence-corrected chi connectivity index (χ0v) is 21.0. The molecule has 5 rings (SSSR count). The van der Waals surface area contributed by atoms with E-state index in [1.54, 1.807) is 11.3 Å². The minimum Gasteiger partial charge on any atom is -0.348 e. The predicted octanol–water partition coefficient (Wildman–Crippen LogP) is 6.90. The molecule has 174 valence electrons. The van der Waals surface area contributed by atoms with Crippen molar-refractivity contribution in [2.45, 2.75) is 31.7 Å². The van der Waals surface area contributed by atoms with Crippen molar-refractivity contribution in [1.82, 2.24) is 19.9 Å². The minimum absolute atomic E-state index is 0.0973. The molecule has 1 saturated heterocycles. The number of halogens is 1. The van der Waals surface area contributed by atoms with Gasteiger partial charge in [0.2, 0.25) is 5.95 Å². The van der Waals surface area contributed by atoms with Crippen LogP contribution in [0.25, 0.3) is 21.8 Å². The molecule has 0 aliphatic carbocycles. The molecule has 7 heteroatoms. The van der Waals surface area contributed by atoms with Gasteiger partial charge in [0.05, 0.1) is 27.3 Å². The molecule has 1 unspecified atom stereocenters.